The normalized spacial score (nSPS) is 19.3. The highest BCUT2D eigenvalue weighted by Crippen LogP contribution is 2.47. The Morgan fingerprint density at radius 3 is 1.27 bits per heavy atom. The molecule has 0 aliphatic carbocycles. The van der Waals surface area contributed by atoms with Gasteiger partial charge in [-0.25, -0.2) is 15.0 Å². The van der Waals surface area contributed by atoms with Crippen molar-refractivity contribution in [3.8, 4) is 78.7 Å². The SMILES string of the molecule is [2H]c1c([2H])c([2H])c(-c2nc(-c3c([2H])c([2H])c([2H])c(C)c3[2H])nc(-c3c([2H])c([2H])c([2H])c(-c4c([2H])c(-c5c([2H])c([2H])c([2H])c([2H])c5[2H])c([2H])c5c4sc4c(-c6c([2H])c([2H])c([2H])c([2H])c6[2H])c([2H])c(-c6c([2H])c([2H])c([2H])c([2H])c6[2H])c([2H])c45)c3[2H])n2)c([2H])c1[2H]. The molecule has 0 fully saturated rings. The molecule has 0 unspecified atom stereocenters. The number of benzene rings is 8. The molecule has 3 nitrogen and oxygen atoms in total. The van der Waals surface area contributed by atoms with Gasteiger partial charge in [-0.2, -0.15) is 0 Å². The number of rotatable bonds is 7. The highest BCUT2D eigenvalue weighted by molar-refractivity contribution is 7.27. The lowest BCUT2D eigenvalue weighted by atomic mass is 9.93. The molecule has 4 heteroatoms. The van der Waals surface area contributed by atoms with Crippen LogP contribution in [0.2, 0.25) is 0 Å². The molecule has 0 amide bonds. The first kappa shape index (κ1) is 13.9. The molecule has 10 rings (SSSR count). The van der Waals surface area contributed by atoms with Crippen LogP contribution in [0.15, 0.2) is 193 Å². The molecule has 0 aliphatic heterocycles. The zero-order chi connectivity index (χ0) is 65.3. The van der Waals surface area contributed by atoms with Gasteiger partial charge >= 0.3 is 0 Å². The molecular weight excluding hydrogens is 699 g/mol. The van der Waals surface area contributed by atoms with Crippen LogP contribution in [0.5, 0.6) is 0 Å². The number of thiophene rings is 1. The zero-order valence-corrected chi connectivity index (χ0v) is 29.1. The fraction of sp³-hybridized carbons (Fsp3) is 0.0192. The summed E-state index contributed by atoms with van der Waals surface area (Å²) in [7, 11) is 0. The predicted octanol–water partition coefficient (Wildman–Crippen LogP) is 14.2. The van der Waals surface area contributed by atoms with Gasteiger partial charge in [0, 0.05) is 48.0 Å². The van der Waals surface area contributed by atoms with Crippen molar-refractivity contribution in [3.63, 3.8) is 0 Å². The van der Waals surface area contributed by atoms with Crippen LogP contribution in [0.25, 0.3) is 98.8 Å². The smallest absolute Gasteiger partial charge is 0.164 e. The van der Waals surface area contributed by atoms with Gasteiger partial charge in [0.15, 0.2) is 17.5 Å². The number of hydrogen-bond donors (Lipinski definition) is 0. The number of fused-ring (bicyclic) bond motifs is 3. The third-order valence-corrected chi connectivity index (χ3v) is 9.27. The van der Waals surface area contributed by atoms with Crippen molar-refractivity contribution in [2.75, 3.05) is 0 Å². The maximum absolute atomic E-state index is 10.1. The maximum atomic E-state index is 10.1. The average Bonchev–Trinajstić information content (AvgIpc) is 1.45. The van der Waals surface area contributed by atoms with Gasteiger partial charge in [0.1, 0.15) is 0 Å². The Hall–Kier alpha value is -7.01. The van der Waals surface area contributed by atoms with Crippen molar-refractivity contribution in [2.24, 2.45) is 0 Å². The lowest BCUT2D eigenvalue weighted by molar-refractivity contribution is 1.07. The third-order valence-electron chi connectivity index (χ3n) is 8.04. The van der Waals surface area contributed by atoms with Gasteiger partial charge in [0.2, 0.25) is 0 Å². The standard InChI is InChI=1S/C52H35N3S/c1-34-16-14-26-40(28-34)51-53-50(38-23-12-5-13-24-38)54-52(55-51)41-27-15-25-39(29-41)45-31-43(36-19-8-3-9-20-36)33-47-46-32-42(35-17-6-2-7-18-35)30-44(48(46)56-49(45)47)37-21-10-4-11-22-37/h2-33H,1H3/i2D,3D,4D,5D,6D,7D,8D,9D,10D,11D,12D,13D,14D,15D,16D,17D,18D,19D,20D,21D,22D,23D,24D,25D,26D,27D,28D,29D,30D,31D,32D,33D. The van der Waals surface area contributed by atoms with Crippen molar-refractivity contribution in [3.05, 3.63) is 199 Å². The average molecular weight is 766 g/mol. The molecule has 2 heterocycles. The van der Waals surface area contributed by atoms with E-state index < -0.39 is 292 Å². The summed E-state index contributed by atoms with van der Waals surface area (Å²) in [5.74, 6) is -2.54. The van der Waals surface area contributed by atoms with E-state index in [1.165, 1.54) is 6.92 Å². The Labute approximate surface area is 375 Å². The summed E-state index contributed by atoms with van der Waals surface area (Å²) < 4.78 is 286. The van der Waals surface area contributed by atoms with E-state index in [0.29, 0.717) is 11.3 Å². The summed E-state index contributed by atoms with van der Waals surface area (Å²) in [5.41, 5.74) is -9.08. The van der Waals surface area contributed by atoms with Crippen molar-refractivity contribution in [1.29, 1.82) is 0 Å². The Balaban J connectivity index is 1.49. The largest absolute Gasteiger partial charge is 0.208 e. The van der Waals surface area contributed by atoms with Crippen molar-refractivity contribution < 1.29 is 43.9 Å². The van der Waals surface area contributed by atoms with Crippen molar-refractivity contribution in [2.45, 2.75) is 6.92 Å². The maximum Gasteiger partial charge on any atom is 0.164 e. The van der Waals surface area contributed by atoms with Gasteiger partial charge in [0.05, 0.1) is 43.9 Å². The van der Waals surface area contributed by atoms with Crippen molar-refractivity contribution >= 4 is 31.5 Å². The topological polar surface area (TPSA) is 38.7 Å². The fourth-order valence-corrected chi connectivity index (χ4v) is 6.85. The monoisotopic (exact) mass is 765 g/mol. The Bertz CT molecular complexity index is 4670. The van der Waals surface area contributed by atoms with Gasteiger partial charge in [-0.1, -0.05) is 163 Å². The van der Waals surface area contributed by atoms with E-state index in [1.54, 1.807) is 0 Å². The molecular formula is C52H35N3S. The molecule has 0 bridgehead atoms. The highest BCUT2D eigenvalue weighted by Gasteiger charge is 2.19. The quantitative estimate of drug-likeness (QED) is 0.162. The van der Waals surface area contributed by atoms with Gasteiger partial charge in [0.25, 0.3) is 0 Å². The minimum atomic E-state index is -1.12. The molecule has 10 aromatic rings. The molecule has 0 N–H and O–H groups in total. The van der Waals surface area contributed by atoms with Crippen LogP contribution in [-0.2, 0) is 0 Å². The third kappa shape index (κ3) is 6.36. The Morgan fingerprint density at radius 2 is 0.732 bits per heavy atom. The molecule has 0 saturated carbocycles. The van der Waals surface area contributed by atoms with Gasteiger partial charge in [-0.3, -0.25) is 0 Å². The van der Waals surface area contributed by atoms with E-state index in [2.05, 4.69) is 15.0 Å². The van der Waals surface area contributed by atoms with Gasteiger partial charge in [-0.15, -0.1) is 11.3 Å². The highest BCUT2D eigenvalue weighted by atomic mass is 32.1. The van der Waals surface area contributed by atoms with Gasteiger partial charge in [-0.05, 0) is 76.6 Å². The van der Waals surface area contributed by atoms with Crippen LogP contribution in [-0.4, -0.2) is 15.0 Å². The second kappa shape index (κ2) is 14.3. The summed E-state index contributed by atoms with van der Waals surface area (Å²) in [5, 5.41) is -1.26. The minimum Gasteiger partial charge on any atom is -0.208 e. The summed E-state index contributed by atoms with van der Waals surface area (Å²) >= 11 is 0.384. The molecule has 0 spiro atoms. The van der Waals surface area contributed by atoms with Crippen LogP contribution in [0.1, 0.15) is 49.4 Å². The van der Waals surface area contributed by atoms with Crippen LogP contribution >= 0.6 is 11.3 Å². The summed E-state index contributed by atoms with van der Waals surface area (Å²) in [6, 6.07) is -30.4. The Morgan fingerprint density at radius 1 is 0.339 bits per heavy atom. The van der Waals surface area contributed by atoms with Crippen LogP contribution in [0.4, 0.5) is 0 Å². The molecule has 0 radical (unpaired) electrons. The first-order valence-electron chi connectivity index (χ1n) is 32.2. The molecule has 8 aromatic carbocycles. The first-order chi connectivity index (χ1) is 41.0. The van der Waals surface area contributed by atoms with Crippen LogP contribution in [0, 0.1) is 6.92 Å². The first-order valence-corrected chi connectivity index (χ1v) is 17.1. The lowest BCUT2D eigenvalue weighted by Gasteiger charge is -2.12. The molecule has 264 valence electrons. The molecule has 0 atom stereocenters. The zero-order valence-electron chi connectivity index (χ0n) is 60.2. The fourth-order valence-electron chi connectivity index (χ4n) is 5.63. The predicted molar refractivity (Wildman–Crippen MR) is 236 cm³/mol. The minimum absolute atomic E-state index is 0.189. The van der Waals surface area contributed by atoms with E-state index >= 15 is 0 Å². The summed E-state index contributed by atoms with van der Waals surface area (Å²) in [6.07, 6.45) is 0. The van der Waals surface area contributed by atoms with Gasteiger partial charge < -0.3 is 0 Å². The molecule has 0 aliphatic rings. The van der Waals surface area contributed by atoms with E-state index in [1.807, 2.05) is 0 Å². The number of aromatic nitrogens is 3. The van der Waals surface area contributed by atoms with E-state index in [4.69, 9.17) is 32.9 Å². The van der Waals surface area contributed by atoms with Crippen molar-refractivity contribution in [1.82, 2.24) is 15.0 Å². The second-order valence-electron chi connectivity index (χ2n) is 11.6. The second-order valence-corrected chi connectivity index (χ2v) is 12.6. The number of nitrogens with zero attached hydrogens (tertiary/aromatic N) is 3. The molecule has 0 saturated heterocycles. The van der Waals surface area contributed by atoms with E-state index in [0.717, 1.165) is 0 Å². The molecule has 56 heavy (non-hydrogen) atoms. The lowest BCUT2D eigenvalue weighted by Crippen LogP contribution is -2.00. The van der Waals surface area contributed by atoms with E-state index in [9.17, 15) is 11.0 Å². The van der Waals surface area contributed by atoms with E-state index in [-0.39, 0.29) is 5.56 Å². The van der Waals surface area contributed by atoms with Crippen LogP contribution < -0.4 is 0 Å². The Kier molecular flexibility index (Phi) is 3.57. The molecule has 2 aromatic heterocycles. The van der Waals surface area contributed by atoms with Crippen LogP contribution in [0.3, 0.4) is 0 Å². The number of hydrogen-bond acceptors (Lipinski definition) is 4. The summed E-state index contributed by atoms with van der Waals surface area (Å²) in [6.45, 7) is 1.26. The summed E-state index contributed by atoms with van der Waals surface area (Å²) in [4.78, 5) is 13.0.